The first-order valence-corrected chi connectivity index (χ1v) is 2.85. The van der Waals surface area contributed by atoms with Crippen LogP contribution in [0.4, 0.5) is 4.79 Å². The fourth-order valence-corrected chi connectivity index (χ4v) is 0.482. The summed E-state index contributed by atoms with van der Waals surface area (Å²) in [7, 11) is 0. The standard InChI is InChI=1S/C5H11NO4/c1-4(2-10-3-7)6-5(8)9/h4,6-7H,2-3H2,1H3,(H,8,9). The first-order valence-electron chi connectivity index (χ1n) is 2.85. The Morgan fingerprint density at radius 3 is 2.80 bits per heavy atom. The largest absolute Gasteiger partial charge is 0.465 e. The van der Waals surface area contributed by atoms with E-state index in [2.05, 4.69) is 10.1 Å². The minimum absolute atomic E-state index is 0.183. The van der Waals surface area contributed by atoms with E-state index in [0.29, 0.717) is 0 Å². The lowest BCUT2D eigenvalue weighted by Gasteiger charge is -2.09. The quantitative estimate of drug-likeness (QED) is 0.475. The Hall–Kier alpha value is -0.810. The monoisotopic (exact) mass is 149 g/mol. The van der Waals surface area contributed by atoms with Crippen molar-refractivity contribution in [1.82, 2.24) is 5.32 Å². The highest BCUT2D eigenvalue weighted by Gasteiger charge is 2.03. The Kier molecular flexibility index (Phi) is 4.61. The summed E-state index contributed by atoms with van der Waals surface area (Å²) in [4.78, 5) is 9.94. The highest BCUT2D eigenvalue weighted by molar-refractivity contribution is 5.64. The zero-order valence-corrected chi connectivity index (χ0v) is 5.70. The molecule has 0 heterocycles. The van der Waals surface area contributed by atoms with Crippen LogP contribution >= 0.6 is 0 Å². The molecular weight excluding hydrogens is 138 g/mol. The van der Waals surface area contributed by atoms with Crippen LogP contribution in [-0.2, 0) is 4.74 Å². The van der Waals surface area contributed by atoms with Crippen molar-refractivity contribution < 1.29 is 19.7 Å². The Balaban J connectivity index is 3.25. The van der Waals surface area contributed by atoms with E-state index >= 15 is 0 Å². The lowest BCUT2D eigenvalue weighted by molar-refractivity contribution is -0.00866. The average Bonchev–Trinajstić information content (AvgIpc) is 1.82. The molecule has 1 amide bonds. The van der Waals surface area contributed by atoms with Gasteiger partial charge in [-0.3, -0.25) is 0 Å². The molecule has 0 aromatic carbocycles. The van der Waals surface area contributed by atoms with Gasteiger partial charge in [0.25, 0.3) is 0 Å². The molecule has 0 aliphatic heterocycles. The Labute approximate surface area is 58.6 Å². The number of amides is 1. The van der Waals surface area contributed by atoms with Crippen molar-refractivity contribution in [1.29, 1.82) is 0 Å². The van der Waals surface area contributed by atoms with Crippen molar-refractivity contribution in [2.24, 2.45) is 0 Å². The third-order valence-corrected chi connectivity index (χ3v) is 0.829. The summed E-state index contributed by atoms with van der Waals surface area (Å²) in [6.45, 7) is 1.44. The van der Waals surface area contributed by atoms with Crippen molar-refractivity contribution in [2.45, 2.75) is 13.0 Å². The third kappa shape index (κ3) is 5.33. The SMILES string of the molecule is CC(COCO)NC(=O)O. The number of ether oxygens (including phenoxy) is 1. The first kappa shape index (κ1) is 9.19. The minimum Gasteiger partial charge on any atom is -0.465 e. The molecule has 0 bridgehead atoms. The Morgan fingerprint density at radius 2 is 2.40 bits per heavy atom. The summed E-state index contributed by atoms with van der Waals surface area (Å²) in [6, 6.07) is -0.287. The number of rotatable bonds is 4. The molecule has 5 heteroatoms. The summed E-state index contributed by atoms with van der Waals surface area (Å²) in [5.74, 6) is 0. The van der Waals surface area contributed by atoms with E-state index in [1.54, 1.807) is 6.92 Å². The molecular formula is C5H11NO4. The molecule has 1 atom stereocenters. The molecule has 0 aliphatic rings. The van der Waals surface area contributed by atoms with Crippen LogP contribution in [0.2, 0.25) is 0 Å². The summed E-state index contributed by atoms with van der Waals surface area (Å²) in [6.07, 6.45) is -1.09. The maximum Gasteiger partial charge on any atom is 0.404 e. The van der Waals surface area contributed by atoms with Crippen LogP contribution in [0, 0.1) is 0 Å². The van der Waals surface area contributed by atoms with Crippen LogP contribution in [0.5, 0.6) is 0 Å². The summed E-state index contributed by atoms with van der Waals surface area (Å²) < 4.78 is 4.53. The van der Waals surface area contributed by atoms with Gasteiger partial charge in [-0.1, -0.05) is 0 Å². The highest BCUT2D eigenvalue weighted by atomic mass is 16.6. The van der Waals surface area contributed by atoms with Crippen molar-refractivity contribution >= 4 is 6.09 Å². The van der Waals surface area contributed by atoms with Crippen LogP contribution in [0.1, 0.15) is 6.92 Å². The number of carboxylic acid groups (broad SMARTS) is 1. The number of hydrogen-bond acceptors (Lipinski definition) is 3. The van der Waals surface area contributed by atoms with Gasteiger partial charge in [0, 0.05) is 0 Å². The van der Waals surface area contributed by atoms with Crippen LogP contribution in [0.15, 0.2) is 0 Å². The maximum atomic E-state index is 9.94. The fourth-order valence-electron chi connectivity index (χ4n) is 0.482. The summed E-state index contributed by atoms with van der Waals surface area (Å²) >= 11 is 0. The zero-order valence-electron chi connectivity index (χ0n) is 5.70. The normalized spacial score (nSPS) is 12.6. The summed E-state index contributed by atoms with van der Waals surface area (Å²) in [5, 5.41) is 18.5. The van der Waals surface area contributed by atoms with Gasteiger partial charge >= 0.3 is 6.09 Å². The predicted molar refractivity (Wildman–Crippen MR) is 33.7 cm³/mol. The molecule has 60 valence electrons. The molecule has 1 unspecified atom stereocenters. The minimum atomic E-state index is -1.09. The van der Waals surface area contributed by atoms with Crippen molar-refractivity contribution in [2.75, 3.05) is 13.4 Å². The number of aliphatic hydroxyl groups excluding tert-OH is 1. The molecule has 0 saturated carbocycles. The van der Waals surface area contributed by atoms with E-state index < -0.39 is 6.09 Å². The number of aliphatic hydroxyl groups is 1. The van der Waals surface area contributed by atoms with E-state index in [9.17, 15) is 4.79 Å². The maximum absolute atomic E-state index is 9.94. The molecule has 0 aromatic heterocycles. The van der Waals surface area contributed by atoms with E-state index in [4.69, 9.17) is 10.2 Å². The van der Waals surface area contributed by atoms with Gasteiger partial charge in [0.05, 0.1) is 12.6 Å². The molecule has 3 N–H and O–H groups in total. The fraction of sp³-hybridized carbons (Fsp3) is 0.800. The van der Waals surface area contributed by atoms with Crippen LogP contribution in [0.3, 0.4) is 0 Å². The van der Waals surface area contributed by atoms with E-state index in [1.807, 2.05) is 0 Å². The predicted octanol–water partition coefficient (Wildman–Crippen LogP) is -0.391. The van der Waals surface area contributed by atoms with Gasteiger partial charge in [0.1, 0.15) is 6.79 Å². The molecule has 10 heavy (non-hydrogen) atoms. The number of carbonyl (C=O) groups is 1. The molecule has 0 rings (SSSR count). The van der Waals surface area contributed by atoms with Crippen LogP contribution in [0.25, 0.3) is 0 Å². The lowest BCUT2D eigenvalue weighted by atomic mass is 10.4. The topological polar surface area (TPSA) is 78.8 Å². The van der Waals surface area contributed by atoms with Gasteiger partial charge in [0.2, 0.25) is 0 Å². The molecule has 0 radical (unpaired) electrons. The van der Waals surface area contributed by atoms with Gasteiger partial charge in [0.15, 0.2) is 0 Å². The van der Waals surface area contributed by atoms with Crippen LogP contribution < -0.4 is 5.32 Å². The van der Waals surface area contributed by atoms with Gasteiger partial charge < -0.3 is 20.3 Å². The second-order valence-corrected chi connectivity index (χ2v) is 1.85. The molecule has 0 saturated heterocycles. The average molecular weight is 149 g/mol. The van der Waals surface area contributed by atoms with E-state index in [1.165, 1.54) is 0 Å². The van der Waals surface area contributed by atoms with Gasteiger partial charge in [-0.15, -0.1) is 0 Å². The molecule has 0 fully saturated rings. The van der Waals surface area contributed by atoms with Gasteiger partial charge in [-0.2, -0.15) is 0 Å². The Morgan fingerprint density at radius 1 is 1.80 bits per heavy atom. The van der Waals surface area contributed by atoms with Crippen LogP contribution in [-0.4, -0.2) is 35.7 Å². The second-order valence-electron chi connectivity index (χ2n) is 1.85. The van der Waals surface area contributed by atoms with Crippen molar-refractivity contribution in [3.8, 4) is 0 Å². The zero-order chi connectivity index (χ0) is 7.98. The third-order valence-electron chi connectivity index (χ3n) is 0.829. The number of nitrogens with one attached hydrogen (secondary N) is 1. The molecule has 0 aliphatic carbocycles. The van der Waals surface area contributed by atoms with Crippen molar-refractivity contribution in [3.05, 3.63) is 0 Å². The Bertz CT molecular complexity index is 106. The van der Waals surface area contributed by atoms with Crippen molar-refractivity contribution in [3.63, 3.8) is 0 Å². The van der Waals surface area contributed by atoms with Gasteiger partial charge in [-0.25, -0.2) is 4.79 Å². The first-order chi connectivity index (χ1) is 4.66. The summed E-state index contributed by atoms with van der Waals surface area (Å²) in [5.41, 5.74) is 0. The smallest absolute Gasteiger partial charge is 0.404 e. The van der Waals surface area contributed by atoms with E-state index in [-0.39, 0.29) is 19.4 Å². The molecule has 0 spiro atoms. The second kappa shape index (κ2) is 5.01. The number of hydrogen-bond donors (Lipinski definition) is 3. The lowest BCUT2D eigenvalue weighted by Crippen LogP contribution is -2.34. The molecule has 5 nitrogen and oxygen atoms in total. The van der Waals surface area contributed by atoms with Gasteiger partial charge in [-0.05, 0) is 6.92 Å². The van der Waals surface area contributed by atoms with E-state index in [0.717, 1.165) is 0 Å². The molecule has 0 aromatic rings. The highest BCUT2D eigenvalue weighted by Crippen LogP contribution is 1.82.